The van der Waals surface area contributed by atoms with E-state index in [4.69, 9.17) is 0 Å². The van der Waals surface area contributed by atoms with Gasteiger partial charge >= 0.3 is 0 Å². The highest BCUT2D eigenvalue weighted by Crippen LogP contribution is 2.22. The predicted molar refractivity (Wildman–Crippen MR) is 111 cm³/mol. The number of aromatic nitrogens is 2. The Kier molecular flexibility index (Phi) is 5.26. The van der Waals surface area contributed by atoms with Crippen molar-refractivity contribution in [3.05, 3.63) is 96.0 Å². The van der Waals surface area contributed by atoms with E-state index in [9.17, 15) is 4.79 Å². The molecule has 0 bridgehead atoms. The smallest absolute Gasteiger partial charge is 0.256 e. The van der Waals surface area contributed by atoms with E-state index in [1.807, 2.05) is 24.3 Å². The van der Waals surface area contributed by atoms with Gasteiger partial charge in [-0.2, -0.15) is 0 Å². The van der Waals surface area contributed by atoms with Crippen LogP contribution >= 0.6 is 0 Å². The summed E-state index contributed by atoms with van der Waals surface area (Å²) in [6, 6.07) is 16.2. The van der Waals surface area contributed by atoms with E-state index in [0.717, 1.165) is 37.2 Å². The van der Waals surface area contributed by atoms with E-state index in [2.05, 4.69) is 51.0 Å². The van der Waals surface area contributed by atoms with Gasteiger partial charge < -0.3 is 5.32 Å². The molecule has 28 heavy (non-hydrogen) atoms. The standard InChI is InChI=1S/C23H22N4O/c1-17(15-27-13-10-19-4-2-3-5-21(19)16-27)18-6-8-20(9-7-18)23(28)26-22-14-24-11-12-25-22/h2-9,11-12,14H,1,10,13,15-16H2,(H,25,26,28). The first kappa shape index (κ1) is 18.1. The van der Waals surface area contributed by atoms with Crippen molar-refractivity contribution in [3.8, 4) is 0 Å². The number of benzene rings is 2. The Morgan fingerprint density at radius 1 is 1.04 bits per heavy atom. The SMILES string of the molecule is C=C(CN1CCc2ccccc2C1)c1ccc(C(=O)Nc2cnccn2)cc1. The topological polar surface area (TPSA) is 58.1 Å². The maximum atomic E-state index is 12.3. The first-order valence-electron chi connectivity index (χ1n) is 9.34. The Balaban J connectivity index is 1.37. The summed E-state index contributed by atoms with van der Waals surface area (Å²) >= 11 is 0. The van der Waals surface area contributed by atoms with E-state index in [-0.39, 0.29) is 5.91 Å². The minimum absolute atomic E-state index is 0.203. The van der Waals surface area contributed by atoms with Crippen LogP contribution in [0.3, 0.4) is 0 Å². The van der Waals surface area contributed by atoms with Crippen molar-refractivity contribution in [1.82, 2.24) is 14.9 Å². The summed E-state index contributed by atoms with van der Waals surface area (Å²) in [6.07, 6.45) is 5.70. The largest absolute Gasteiger partial charge is 0.305 e. The van der Waals surface area contributed by atoms with Crippen molar-refractivity contribution in [2.75, 3.05) is 18.4 Å². The maximum Gasteiger partial charge on any atom is 0.256 e. The quantitative estimate of drug-likeness (QED) is 0.742. The molecule has 1 aliphatic rings. The van der Waals surface area contributed by atoms with Gasteiger partial charge in [0.2, 0.25) is 0 Å². The molecule has 1 aromatic heterocycles. The van der Waals surface area contributed by atoms with Gasteiger partial charge in [-0.1, -0.05) is 43.0 Å². The van der Waals surface area contributed by atoms with Gasteiger partial charge in [0.15, 0.2) is 5.82 Å². The molecule has 0 radical (unpaired) electrons. The third-order valence-electron chi connectivity index (χ3n) is 4.98. The molecular weight excluding hydrogens is 348 g/mol. The molecule has 4 rings (SSSR count). The molecule has 0 saturated carbocycles. The highest BCUT2D eigenvalue weighted by atomic mass is 16.1. The van der Waals surface area contributed by atoms with Gasteiger partial charge in [0.25, 0.3) is 5.91 Å². The first-order chi connectivity index (χ1) is 13.7. The van der Waals surface area contributed by atoms with Crippen LogP contribution in [0, 0.1) is 0 Å². The van der Waals surface area contributed by atoms with Crippen LogP contribution in [0.4, 0.5) is 5.82 Å². The number of carbonyl (C=O) groups is 1. The molecule has 0 unspecified atom stereocenters. The molecule has 5 nitrogen and oxygen atoms in total. The zero-order valence-corrected chi connectivity index (χ0v) is 15.6. The summed E-state index contributed by atoms with van der Waals surface area (Å²) in [5.41, 5.74) is 5.53. The monoisotopic (exact) mass is 370 g/mol. The van der Waals surface area contributed by atoms with Crippen molar-refractivity contribution in [1.29, 1.82) is 0 Å². The van der Waals surface area contributed by atoms with E-state index in [1.165, 1.54) is 17.3 Å². The molecule has 0 aliphatic carbocycles. The molecule has 0 fully saturated rings. The number of carbonyl (C=O) groups excluding carboxylic acids is 1. The zero-order valence-electron chi connectivity index (χ0n) is 15.6. The predicted octanol–water partition coefficient (Wildman–Crippen LogP) is 3.80. The van der Waals surface area contributed by atoms with Gasteiger partial charge in [0, 0.05) is 37.6 Å². The Hall–Kier alpha value is -3.31. The molecule has 5 heteroatoms. The fourth-order valence-electron chi connectivity index (χ4n) is 3.46. The lowest BCUT2D eigenvalue weighted by atomic mass is 9.98. The zero-order chi connectivity index (χ0) is 19.3. The van der Waals surface area contributed by atoms with Crippen molar-refractivity contribution in [2.45, 2.75) is 13.0 Å². The lowest BCUT2D eigenvalue weighted by Crippen LogP contribution is -2.31. The van der Waals surface area contributed by atoms with Crippen LogP contribution in [0.5, 0.6) is 0 Å². The van der Waals surface area contributed by atoms with E-state index in [0.29, 0.717) is 11.4 Å². The Labute approximate surface area is 164 Å². The normalized spacial score (nSPS) is 13.6. The molecule has 1 amide bonds. The van der Waals surface area contributed by atoms with Gasteiger partial charge in [-0.3, -0.25) is 14.7 Å². The number of rotatable bonds is 5. The lowest BCUT2D eigenvalue weighted by molar-refractivity contribution is 0.102. The van der Waals surface area contributed by atoms with Gasteiger partial charge in [-0.25, -0.2) is 4.98 Å². The van der Waals surface area contributed by atoms with Crippen LogP contribution in [0.25, 0.3) is 5.57 Å². The van der Waals surface area contributed by atoms with Gasteiger partial charge in [-0.05, 0) is 40.8 Å². The fourth-order valence-corrected chi connectivity index (χ4v) is 3.46. The molecule has 1 N–H and O–H groups in total. The van der Waals surface area contributed by atoms with E-state index in [1.54, 1.807) is 12.4 Å². The summed E-state index contributed by atoms with van der Waals surface area (Å²) in [4.78, 5) is 22.7. The highest BCUT2D eigenvalue weighted by Gasteiger charge is 2.16. The van der Waals surface area contributed by atoms with Crippen LogP contribution in [0.15, 0.2) is 73.7 Å². The molecule has 0 spiro atoms. The summed E-state index contributed by atoms with van der Waals surface area (Å²) in [5, 5.41) is 2.74. The van der Waals surface area contributed by atoms with Crippen molar-refractivity contribution < 1.29 is 4.79 Å². The Morgan fingerprint density at radius 2 is 1.79 bits per heavy atom. The van der Waals surface area contributed by atoms with Crippen molar-refractivity contribution in [3.63, 3.8) is 0 Å². The number of nitrogens with zero attached hydrogens (tertiary/aromatic N) is 3. The molecule has 2 heterocycles. The summed E-state index contributed by atoms with van der Waals surface area (Å²) in [6.45, 7) is 7.06. The number of hydrogen-bond acceptors (Lipinski definition) is 4. The van der Waals surface area contributed by atoms with Gasteiger partial charge in [0.1, 0.15) is 0 Å². The molecule has 0 atom stereocenters. The Morgan fingerprint density at radius 3 is 2.54 bits per heavy atom. The molecule has 3 aromatic rings. The second-order valence-corrected chi connectivity index (χ2v) is 6.96. The summed E-state index contributed by atoms with van der Waals surface area (Å²) in [5.74, 6) is 0.233. The average Bonchev–Trinajstić information content (AvgIpc) is 2.74. The third kappa shape index (κ3) is 4.15. The Bertz CT molecular complexity index is 983. The average molecular weight is 370 g/mol. The number of anilines is 1. The molecular formula is C23H22N4O. The first-order valence-corrected chi connectivity index (χ1v) is 9.34. The fraction of sp³-hybridized carbons (Fsp3) is 0.174. The van der Waals surface area contributed by atoms with Crippen molar-refractivity contribution in [2.24, 2.45) is 0 Å². The van der Waals surface area contributed by atoms with Crippen LogP contribution in [0.2, 0.25) is 0 Å². The molecule has 1 aliphatic heterocycles. The summed E-state index contributed by atoms with van der Waals surface area (Å²) < 4.78 is 0. The number of hydrogen-bond donors (Lipinski definition) is 1. The van der Waals surface area contributed by atoms with Crippen LogP contribution in [-0.2, 0) is 13.0 Å². The van der Waals surface area contributed by atoms with Gasteiger partial charge in [0.05, 0.1) is 6.20 Å². The summed E-state index contributed by atoms with van der Waals surface area (Å²) in [7, 11) is 0. The van der Waals surface area contributed by atoms with Crippen LogP contribution in [-0.4, -0.2) is 33.9 Å². The van der Waals surface area contributed by atoms with Gasteiger partial charge in [-0.15, -0.1) is 0 Å². The van der Waals surface area contributed by atoms with Crippen LogP contribution < -0.4 is 5.32 Å². The van der Waals surface area contributed by atoms with E-state index < -0.39 is 0 Å². The number of nitrogens with one attached hydrogen (secondary N) is 1. The lowest BCUT2D eigenvalue weighted by Gasteiger charge is -2.29. The minimum atomic E-state index is -0.203. The molecule has 2 aromatic carbocycles. The maximum absolute atomic E-state index is 12.3. The van der Waals surface area contributed by atoms with E-state index >= 15 is 0 Å². The number of amides is 1. The van der Waals surface area contributed by atoms with Crippen molar-refractivity contribution >= 4 is 17.3 Å². The minimum Gasteiger partial charge on any atom is -0.305 e. The second kappa shape index (κ2) is 8.15. The molecule has 140 valence electrons. The highest BCUT2D eigenvalue weighted by molar-refractivity contribution is 6.03. The number of fused-ring (bicyclic) bond motifs is 1. The van der Waals surface area contributed by atoms with Crippen LogP contribution in [0.1, 0.15) is 27.0 Å². The third-order valence-corrected chi connectivity index (χ3v) is 4.98. The second-order valence-electron chi connectivity index (χ2n) is 6.96. The molecule has 0 saturated heterocycles.